The van der Waals surface area contributed by atoms with Crippen molar-refractivity contribution in [2.75, 3.05) is 39.6 Å². The van der Waals surface area contributed by atoms with Gasteiger partial charge in [0.25, 0.3) is 0 Å². The lowest BCUT2D eigenvalue weighted by Crippen LogP contribution is -2.28. The van der Waals surface area contributed by atoms with Crippen molar-refractivity contribution in [1.82, 2.24) is 0 Å². The van der Waals surface area contributed by atoms with E-state index >= 15 is 0 Å². The number of rotatable bonds is 44. The van der Waals surface area contributed by atoms with Crippen LogP contribution >= 0.6 is 0 Å². The normalized spacial score (nSPS) is 28.6. The number of halogens is 1. The summed E-state index contributed by atoms with van der Waals surface area (Å²) in [4.78, 5) is 0. The highest BCUT2D eigenvalue weighted by Gasteiger charge is 2.36. The molecule has 16 rings (SSSR count). The minimum Gasteiger partial charge on any atom is -0.494 e. The van der Waals surface area contributed by atoms with Gasteiger partial charge >= 0.3 is 0 Å². The smallest absolute Gasteiger partial charge is 0.131 e. The molecule has 772 valence electrons. The highest BCUT2D eigenvalue weighted by Crippen LogP contribution is 2.48. The van der Waals surface area contributed by atoms with Crippen molar-refractivity contribution in [3.8, 4) is 28.0 Å². The number of unbranched alkanes of at least 4 members (excludes halogenated alkanes) is 13. The molecular formula is C132H201FO6. The number of aryl methyl sites for hydroxylation is 5. The van der Waals surface area contributed by atoms with Gasteiger partial charge in [0, 0.05) is 38.6 Å². The van der Waals surface area contributed by atoms with Crippen molar-refractivity contribution in [2.45, 2.75) is 489 Å². The topological polar surface area (TPSA) is 55.4 Å². The Hall–Kier alpha value is -5.41. The van der Waals surface area contributed by atoms with Gasteiger partial charge in [0.1, 0.15) is 11.6 Å². The number of ether oxygens (including phenoxy) is 6. The first-order chi connectivity index (χ1) is 68.1. The fraction of sp³-hybridized carbons (Fsp3) is 0.712. The fourth-order valence-electron chi connectivity index (χ4n) is 26.6. The van der Waals surface area contributed by atoms with E-state index in [0.29, 0.717) is 42.0 Å². The lowest BCUT2D eigenvalue weighted by Gasteiger charge is -2.37. The van der Waals surface area contributed by atoms with Crippen LogP contribution in [0.2, 0.25) is 0 Å². The zero-order chi connectivity index (χ0) is 96.8. The number of hydrogen-bond acceptors (Lipinski definition) is 6. The summed E-state index contributed by atoms with van der Waals surface area (Å²) in [5.41, 5.74) is 15.4. The Morgan fingerprint density at radius 3 is 1.04 bits per heavy atom. The maximum atomic E-state index is 14.9. The molecule has 6 aromatic carbocycles. The third kappa shape index (κ3) is 39.4. The lowest BCUT2D eigenvalue weighted by molar-refractivity contribution is -0.0355. The first-order valence-corrected chi connectivity index (χ1v) is 59.7. The van der Waals surface area contributed by atoms with E-state index in [2.05, 4.69) is 184 Å². The Morgan fingerprint density at radius 1 is 0.273 bits per heavy atom. The number of benzene rings is 6. The van der Waals surface area contributed by atoms with Crippen LogP contribution in [0.15, 0.2) is 146 Å². The molecule has 139 heavy (non-hydrogen) atoms. The molecule has 0 N–H and O–H groups in total. The zero-order valence-corrected chi connectivity index (χ0v) is 90.2. The summed E-state index contributed by atoms with van der Waals surface area (Å²) in [7, 11) is 0. The standard InChI is InChI=1S/C39H64.C36H60O4.C31H43FO2.C26H34/c1-4-5-6-7-8-9-10-11-12-13-33-17-24-36(25-18-33)37-26-19-34(20-27-37)15-16-35-21-28-38(29-22-35)39-23-14-31(2)32(3)30-39;1-29-9-13-31(14-10-29)32-15-19-34(20-16-32)39-27-7-8-28-40-36-23-21-35(22-24-36)38-26-6-4-3-5-25-37-33-17-11-30(2)12-18-33;1-3-24-8-10-26(11-9-24)30-19-14-27(22-31(30)32)25-12-17-29(18-13-25)34-21-5-4-20-33-28-15-6-23(2)7-16-28;1-19-3-7-21(8-4-19)23-11-15-25(16-12-23)26-17-13-24(14-18-26)22-9-5-20(2)6-10-22/h14-16,23,30,33-38H,4-13,17-22,24-29H2,1-3H3;11-12,17-18,29,31-32,34-36H,3-10,13-16,19-28H2,1-2H3;8-11,14,19,22-23,25,28-29H,3-7,12-13,15-18,20-21H2,1-2H3;3-4,7-8,11-12,15-16,20,22,24,26H,5-6,9-10,13-14,17-18H2,1-2H3. The van der Waals surface area contributed by atoms with Crippen molar-refractivity contribution < 1.29 is 32.8 Å². The predicted octanol–water partition coefficient (Wildman–Crippen LogP) is 38.4. The van der Waals surface area contributed by atoms with Gasteiger partial charge in [0.2, 0.25) is 0 Å². The van der Waals surface area contributed by atoms with Crippen LogP contribution in [0.5, 0.6) is 5.75 Å². The first kappa shape index (κ1) is 111. The molecule has 6 aromatic rings. The van der Waals surface area contributed by atoms with Crippen LogP contribution in [0.4, 0.5) is 4.39 Å². The molecule has 10 aliphatic carbocycles. The predicted molar refractivity (Wildman–Crippen MR) is 589 cm³/mol. The molecule has 10 aliphatic rings. The van der Waals surface area contributed by atoms with Crippen LogP contribution in [-0.4, -0.2) is 70.2 Å². The van der Waals surface area contributed by atoms with E-state index in [1.165, 1.54) is 296 Å². The molecule has 0 amide bonds. The van der Waals surface area contributed by atoms with Gasteiger partial charge in [-0.3, -0.25) is 0 Å². The summed E-state index contributed by atoms with van der Waals surface area (Å²) in [6.45, 7) is 25.7. The SMILES string of the molecule is CCCCCCCCCCCC1CCC(C2CCC(C=CC3CCC(c4ccc(C)c(C)c4)CC3)CC2)CC1.CCc1ccc(-c2ccc(C3CCC(OCCCCOC4CCC(C)CC4)CC3)cc2F)cc1.Cc1ccc(-c2ccc(C3CCC(C4CCC(C)CC4)CC3)cc2)cc1.Cc1ccc(OCCCCCCOC2CCC(OCCCCOC3CCC(C4CCC(C)CC4)CC3)CC2)cc1. The molecule has 0 unspecified atom stereocenters. The quantitative estimate of drug-likeness (QED) is 0.0281. The average Bonchev–Trinajstić information content (AvgIpc) is 0.825. The molecule has 10 fully saturated rings. The highest BCUT2D eigenvalue weighted by atomic mass is 19.1. The number of allylic oxidation sites excluding steroid dienone is 2. The summed E-state index contributed by atoms with van der Waals surface area (Å²) in [6, 6.07) is 47.9. The zero-order valence-electron chi connectivity index (χ0n) is 90.2. The Bertz CT molecular complexity index is 4200. The Labute approximate surface area is 851 Å². The Kier molecular flexibility index (Phi) is 49.9. The van der Waals surface area contributed by atoms with E-state index in [0.717, 1.165) is 236 Å². The molecule has 0 atom stereocenters. The highest BCUT2D eigenvalue weighted by molar-refractivity contribution is 5.65. The number of hydrogen-bond donors (Lipinski definition) is 0. The van der Waals surface area contributed by atoms with Gasteiger partial charge in [0.05, 0.1) is 37.1 Å². The van der Waals surface area contributed by atoms with Gasteiger partial charge in [-0.05, 0) is 454 Å². The van der Waals surface area contributed by atoms with Gasteiger partial charge in [-0.2, -0.15) is 0 Å². The summed E-state index contributed by atoms with van der Waals surface area (Å²) >= 11 is 0. The van der Waals surface area contributed by atoms with E-state index in [1.54, 1.807) is 42.9 Å². The van der Waals surface area contributed by atoms with E-state index in [-0.39, 0.29) is 5.82 Å². The van der Waals surface area contributed by atoms with Gasteiger partial charge in [-0.1, -0.05) is 282 Å². The van der Waals surface area contributed by atoms with Crippen molar-refractivity contribution in [1.29, 1.82) is 0 Å². The van der Waals surface area contributed by atoms with E-state index in [9.17, 15) is 4.39 Å². The molecule has 0 saturated heterocycles. The molecule has 10 saturated carbocycles. The minimum atomic E-state index is -0.106. The molecule has 0 heterocycles. The minimum absolute atomic E-state index is 0.106. The average molecular weight is 1900 g/mol. The first-order valence-electron chi connectivity index (χ1n) is 59.7. The van der Waals surface area contributed by atoms with Crippen molar-refractivity contribution in [3.05, 3.63) is 196 Å². The van der Waals surface area contributed by atoms with Crippen molar-refractivity contribution in [2.24, 2.45) is 71.0 Å². The van der Waals surface area contributed by atoms with Crippen LogP contribution in [0.25, 0.3) is 22.3 Å². The maximum absolute atomic E-state index is 14.9. The van der Waals surface area contributed by atoms with Gasteiger partial charge in [0.15, 0.2) is 0 Å². The summed E-state index contributed by atoms with van der Waals surface area (Å²) in [6.07, 6.45) is 87.2. The largest absolute Gasteiger partial charge is 0.494 e. The monoisotopic (exact) mass is 1900 g/mol. The third-order valence-electron chi connectivity index (χ3n) is 36.8. The molecule has 0 bridgehead atoms. The molecule has 7 heteroatoms. The maximum Gasteiger partial charge on any atom is 0.131 e. The van der Waals surface area contributed by atoms with E-state index in [4.69, 9.17) is 28.4 Å². The van der Waals surface area contributed by atoms with Crippen LogP contribution in [0.1, 0.15) is 469 Å². The summed E-state index contributed by atoms with van der Waals surface area (Å²) in [5.74, 6) is 14.7. The van der Waals surface area contributed by atoms with E-state index < -0.39 is 0 Å². The molecule has 0 aromatic heterocycles. The van der Waals surface area contributed by atoms with Gasteiger partial charge in [-0.15, -0.1) is 0 Å². The van der Waals surface area contributed by atoms with Crippen molar-refractivity contribution >= 4 is 0 Å². The van der Waals surface area contributed by atoms with Crippen LogP contribution < -0.4 is 4.74 Å². The summed E-state index contributed by atoms with van der Waals surface area (Å²) in [5, 5.41) is 0. The molecule has 0 aliphatic heterocycles. The lowest BCUT2D eigenvalue weighted by atomic mass is 9.68. The fourth-order valence-corrected chi connectivity index (χ4v) is 26.6. The second-order valence-corrected chi connectivity index (χ2v) is 47.5. The second-order valence-electron chi connectivity index (χ2n) is 47.5. The third-order valence-corrected chi connectivity index (χ3v) is 36.8. The van der Waals surface area contributed by atoms with E-state index in [1.807, 2.05) is 18.2 Å². The Morgan fingerprint density at radius 2 is 0.590 bits per heavy atom. The van der Waals surface area contributed by atoms with Gasteiger partial charge in [-0.25, -0.2) is 4.39 Å². The van der Waals surface area contributed by atoms with Gasteiger partial charge < -0.3 is 28.4 Å². The van der Waals surface area contributed by atoms with Crippen LogP contribution in [0.3, 0.4) is 0 Å². The summed E-state index contributed by atoms with van der Waals surface area (Å²) < 4.78 is 51.6. The molecule has 6 nitrogen and oxygen atoms in total. The van der Waals surface area contributed by atoms with Crippen molar-refractivity contribution in [3.63, 3.8) is 0 Å². The van der Waals surface area contributed by atoms with Crippen LogP contribution in [0, 0.1) is 105 Å². The molecule has 0 radical (unpaired) electrons. The second kappa shape index (κ2) is 62.5. The molecule has 0 spiro atoms. The Balaban J connectivity index is 0.000000158. The van der Waals surface area contributed by atoms with Crippen LogP contribution in [-0.2, 0) is 30.1 Å². The molecular weight excluding hydrogens is 1700 g/mol.